The Labute approximate surface area is 52.4 Å². The molecule has 0 aliphatic heterocycles. The van der Waals surface area contributed by atoms with E-state index in [0.717, 1.165) is 0 Å². The minimum absolute atomic E-state index is 0.0282. The second-order valence-electron chi connectivity index (χ2n) is 1.66. The molecule has 0 aromatic heterocycles. The molecule has 2 atom stereocenters. The average Bonchev–Trinajstić information content (AvgIpc) is 1.84. The molecule has 0 saturated heterocycles. The lowest BCUT2D eigenvalue weighted by atomic mass is 10.5. The number of hydrogen-bond donors (Lipinski definition) is 1. The Balaban J connectivity index is 3.46. The predicted molar refractivity (Wildman–Crippen MR) is 35.2 cm³/mol. The SMILES string of the molecule is CCS(=O)C(C)CO. The van der Waals surface area contributed by atoms with Gasteiger partial charge in [0.15, 0.2) is 0 Å². The van der Waals surface area contributed by atoms with Crippen molar-refractivity contribution in [1.82, 2.24) is 0 Å². The predicted octanol–water partition coefficient (Wildman–Crippen LogP) is 0.136. The largest absolute Gasteiger partial charge is 0.395 e. The van der Waals surface area contributed by atoms with Crippen LogP contribution in [0.4, 0.5) is 0 Å². The summed E-state index contributed by atoms with van der Waals surface area (Å²) in [6, 6.07) is 0. The van der Waals surface area contributed by atoms with E-state index in [1.807, 2.05) is 6.92 Å². The molecular weight excluding hydrogens is 124 g/mol. The van der Waals surface area contributed by atoms with Gasteiger partial charge in [-0.3, -0.25) is 4.21 Å². The van der Waals surface area contributed by atoms with Gasteiger partial charge in [0.1, 0.15) is 0 Å². The van der Waals surface area contributed by atoms with Gasteiger partial charge in [0.05, 0.1) is 11.9 Å². The average molecular weight is 136 g/mol. The first-order valence-electron chi connectivity index (χ1n) is 2.70. The minimum Gasteiger partial charge on any atom is -0.395 e. The molecule has 0 aromatic carbocycles. The van der Waals surface area contributed by atoms with Gasteiger partial charge in [-0.25, -0.2) is 0 Å². The Bertz CT molecular complexity index is 82.5. The molecule has 8 heavy (non-hydrogen) atoms. The molecule has 0 heterocycles. The highest BCUT2D eigenvalue weighted by Gasteiger charge is 2.04. The fourth-order valence-corrected chi connectivity index (χ4v) is 1.10. The molecule has 0 aliphatic rings. The van der Waals surface area contributed by atoms with E-state index in [1.165, 1.54) is 0 Å². The number of aliphatic hydroxyl groups is 1. The van der Waals surface area contributed by atoms with E-state index in [0.29, 0.717) is 5.75 Å². The fraction of sp³-hybridized carbons (Fsp3) is 1.00. The van der Waals surface area contributed by atoms with E-state index in [1.54, 1.807) is 6.92 Å². The van der Waals surface area contributed by atoms with Crippen LogP contribution < -0.4 is 0 Å². The van der Waals surface area contributed by atoms with Crippen LogP contribution in [0.5, 0.6) is 0 Å². The first-order valence-corrected chi connectivity index (χ1v) is 4.08. The maximum Gasteiger partial charge on any atom is 0.0572 e. The zero-order valence-electron chi connectivity index (χ0n) is 5.26. The van der Waals surface area contributed by atoms with Gasteiger partial charge in [-0.2, -0.15) is 0 Å². The molecule has 3 heteroatoms. The summed E-state index contributed by atoms with van der Waals surface area (Å²) in [5.41, 5.74) is 0. The van der Waals surface area contributed by atoms with Crippen molar-refractivity contribution in [3.8, 4) is 0 Å². The first kappa shape index (κ1) is 8.11. The van der Waals surface area contributed by atoms with Gasteiger partial charge >= 0.3 is 0 Å². The highest BCUT2D eigenvalue weighted by molar-refractivity contribution is 7.85. The van der Waals surface area contributed by atoms with Gasteiger partial charge in [0, 0.05) is 16.6 Å². The van der Waals surface area contributed by atoms with Gasteiger partial charge < -0.3 is 5.11 Å². The van der Waals surface area contributed by atoms with Crippen molar-refractivity contribution in [2.24, 2.45) is 0 Å². The first-order chi connectivity index (χ1) is 3.72. The van der Waals surface area contributed by atoms with Crippen LogP contribution in [0.2, 0.25) is 0 Å². The van der Waals surface area contributed by atoms with E-state index in [9.17, 15) is 4.21 Å². The van der Waals surface area contributed by atoms with Gasteiger partial charge in [-0.1, -0.05) is 6.92 Å². The van der Waals surface area contributed by atoms with E-state index in [2.05, 4.69) is 0 Å². The Morgan fingerprint density at radius 1 is 1.75 bits per heavy atom. The van der Waals surface area contributed by atoms with Crippen LogP contribution in [0, 0.1) is 0 Å². The molecule has 0 radical (unpaired) electrons. The van der Waals surface area contributed by atoms with Crippen LogP contribution in [0.15, 0.2) is 0 Å². The summed E-state index contributed by atoms with van der Waals surface area (Å²) in [6.45, 7) is 3.66. The maximum atomic E-state index is 10.7. The third-order valence-corrected chi connectivity index (χ3v) is 2.61. The fourth-order valence-electron chi connectivity index (χ4n) is 0.368. The summed E-state index contributed by atoms with van der Waals surface area (Å²) < 4.78 is 10.7. The number of rotatable bonds is 3. The van der Waals surface area contributed by atoms with Gasteiger partial charge in [-0.15, -0.1) is 0 Å². The zero-order chi connectivity index (χ0) is 6.57. The van der Waals surface area contributed by atoms with Crippen LogP contribution in [-0.2, 0) is 10.8 Å². The Morgan fingerprint density at radius 3 is 2.38 bits per heavy atom. The van der Waals surface area contributed by atoms with Gasteiger partial charge in [-0.05, 0) is 6.92 Å². The lowest BCUT2D eigenvalue weighted by Crippen LogP contribution is -2.16. The summed E-state index contributed by atoms with van der Waals surface area (Å²) in [7, 11) is -0.822. The maximum absolute atomic E-state index is 10.7. The molecule has 2 nitrogen and oxygen atoms in total. The summed E-state index contributed by atoms with van der Waals surface area (Å²) >= 11 is 0. The molecule has 0 bridgehead atoms. The van der Waals surface area contributed by atoms with Crippen molar-refractivity contribution in [3.63, 3.8) is 0 Å². The molecule has 0 aliphatic carbocycles. The van der Waals surface area contributed by atoms with Crippen molar-refractivity contribution in [2.45, 2.75) is 19.1 Å². The second kappa shape index (κ2) is 4.04. The molecule has 0 spiro atoms. The third-order valence-electron chi connectivity index (χ3n) is 0.990. The summed E-state index contributed by atoms with van der Waals surface area (Å²) in [4.78, 5) is 0. The quantitative estimate of drug-likeness (QED) is 0.599. The summed E-state index contributed by atoms with van der Waals surface area (Å²) in [6.07, 6.45) is 0. The minimum atomic E-state index is -0.822. The summed E-state index contributed by atoms with van der Waals surface area (Å²) in [5.74, 6) is 0.641. The molecule has 0 fully saturated rings. The normalized spacial score (nSPS) is 17.9. The summed E-state index contributed by atoms with van der Waals surface area (Å²) in [5, 5.41) is 8.39. The Kier molecular flexibility index (Phi) is 4.09. The molecule has 0 saturated carbocycles. The molecule has 0 rings (SSSR count). The highest BCUT2D eigenvalue weighted by Crippen LogP contribution is 1.92. The van der Waals surface area contributed by atoms with Crippen molar-refractivity contribution in [1.29, 1.82) is 0 Å². The Hall–Kier alpha value is 0.110. The monoisotopic (exact) mass is 136 g/mol. The zero-order valence-corrected chi connectivity index (χ0v) is 6.07. The lowest BCUT2D eigenvalue weighted by molar-refractivity contribution is 0.298. The van der Waals surface area contributed by atoms with E-state index >= 15 is 0 Å². The topological polar surface area (TPSA) is 37.3 Å². The molecule has 1 N–H and O–H groups in total. The number of hydrogen-bond acceptors (Lipinski definition) is 2. The second-order valence-corrected chi connectivity index (χ2v) is 3.81. The van der Waals surface area contributed by atoms with Crippen LogP contribution in [0.25, 0.3) is 0 Å². The van der Waals surface area contributed by atoms with Gasteiger partial charge in [0.25, 0.3) is 0 Å². The number of aliphatic hydroxyl groups excluding tert-OH is 1. The van der Waals surface area contributed by atoms with Crippen LogP contribution in [-0.4, -0.2) is 26.9 Å². The molecule has 2 unspecified atom stereocenters. The van der Waals surface area contributed by atoms with E-state index in [-0.39, 0.29) is 11.9 Å². The van der Waals surface area contributed by atoms with E-state index < -0.39 is 10.8 Å². The molecule has 0 amide bonds. The van der Waals surface area contributed by atoms with Crippen molar-refractivity contribution >= 4 is 10.8 Å². The van der Waals surface area contributed by atoms with Gasteiger partial charge in [0.2, 0.25) is 0 Å². The van der Waals surface area contributed by atoms with E-state index in [4.69, 9.17) is 5.11 Å². The third kappa shape index (κ3) is 2.43. The molecule has 0 aromatic rings. The standard InChI is InChI=1S/C5H12O2S/c1-3-8(7)5(2)4-6/h5-6H,3-4H2,1-2H3. The van der Waals surface area contributed by atoms with Crippen LogP contribution in [0.1, 0.15) is 13.8 Å². The van der Waals surface area contributed by atoms with Crippen LogP contribution in [0.3, 0.4) is 0 Å². The van der Waals surface area contributed by atoms with Crippen molar-refractivity contribution in [3.05, 3.63) is 0 Å². The van der Waals surface area contributed by atoms with Crippen molar-refractivity contribution in [2.75, 3.05) is 12.4 Å². The highest BCUT2D eigenvalue weighted by atomic mass is 32.2. The molecule has 50 valence electrons. The van der Waals surface area contributed by atoms with Crippen LogP contribution >= 0.6 is 0 Å². The Morgan fingerprint density at radius 2 is 2.25 bits per heavy atom. The smallest absolute Gasteiger partial charge is 0.0572 e. The molecular formula is C5H12O2S. The lowest BCUT2D eigenvalue weighted by Gasteiger charge is -2.02. The van der Waals surface area contributed by atoms with Crippen molar-refractivity contribution < 1.29 is 9.32 Å².